The number of ether oxygens (including phenoxy) is 1. The number of benzene rings is 1. The van der Waals surface area contributed by atoms with Crippen LogP contribution in [0.25, 0.3) is 0 Å². The highest BCUT2D eigenvalue weighted by molar-refractivity contribution is 6.09. The highest BCUT2D eigenvalue weighted by Gasteiger charge is 2.46. The maximum Gasteiger partial charge on any atom is 0.250 e. The molecule has 1 aliphatic carbocycles. The maximum absolute atomic E-state index is 12.8. The second-order valence-electron chi connectivity index (χ2n) is 5.88. The summed E-state index contributed by atoms with van der Waals surface area (Å²) >= 11 is 0. The number of piperazine rings is 1. The van der Waals surface area contributed by atoms with Gasteiger partial charge in [-0.2, -0.15) is 0 Å². The SMILES string of the molecule is COc1ccc(C)cc1N1C(=O)C(C2CC2)NC(=O)C1C. The summed E-state index contributed by atoms with van der Waals surface area (Å²) in [6, 6.07) is 4.75. The van der Waals surface area contributed by atoms with Crippen molar-refractivity contribution in [3.8, 4) is 5.75 Å². The first-order valence-corrected chi connectivity index (χ1v) is 7.31. The van der Waals surface area contributed by atoms with Crippen molar-refractivity contribution in [2.45, 2.75) is 38.8 Å². The Hall–Kier alpha value is -2.04. The van der Waals surface area contributed by atoms with E-state index in [4.69, 9.17) is 4.74 Å². The molecule has 1 aromatic carbocycles. The van der Waals surface area contributed by atoms with E-state index in [-0.39, 0.29) is 23.8 Å². The Bertz CT molecular complexity index is 595. The fraction of sp³-hybridized carbons (Fsp3) is 0.500. The average molecular weight is 288 g/mol. The molecule has 5 heteroatoms. The fourth-order valence-corrected chi connectivity index (χ4v) is 2.86. The zero-order valence-corrected chi connectivity index (χ0v) is 12.6. The maximum atomic E-state index is 12.8. The van der Waals surface area contributed by atoms with Gasteiger partial charge in [0.1, 0.15) is 17.8 Å². The quantitative estimate of drug-likeness (QED) is 0.919. The van der Waals surface area contributed by atoms with Gasteiger partial charge in [0, 0.05) is 0 Å². The molecule has 112 valence electrons. The third-order valence-corrected chi connectivity index (χ3v) is 4.26. The Morgan fingerprint density at radius 1 is 1.29 bits per heavy atom. The van der Waals surface area contributed by atoms with Crippen LogP contribution in [-0.2, 0) is 9.59 Å². The van der Waals surface area contributed by atoms with E-state index in [0.717, 1.165) is 18.4 Å². The number of methoxy groups -OCH3 is 1. The van der Waals surface area contributed by atoms with Crippen LogP contribution in [0.2, 0.25) is 0 Å². The Kier molecular flexibility index (Phi) is 3.35. The number of rotatable bonds is 3. The van der Waals surface area contributed by atoms with Gasteiger partial charge in [0.15, 0.2) is 0 Å². The van der Waals surface area contributed by atoms with E-state index in [1.165, 1.54) is 0 Å². The predicted octanol–water partition coefficient (Wildman–Crippen LogP) is 1.63. The van der Waals surface area contributed by atoms with Gasteiger partial charge in [0.25, 0.3) is 5.91 Å². The Labute approximate surface area is 124 Å². The molecule has 3 rings (SSSR count). The summed E-state index contributed by atoms with van der Waals surface area (Å²) in [7, 11) is 1.58. The van der Waals surface area contributed by atoms with Gasteiger partial charge in [-0.1, -0.05) is 6.07 Å². The number of hydrogen-bond acceptors (Lipinski definition) is 3. The van der Waals surface area contributed by atoms with E-state index in [0.29, 0.717) is 11.4 Å². The van der Waals surface area contributed by atoms with E-state index in [9.17, 15) is 9.59 Å². The minimum Gasteiger partial charge on any atom is -0.495 e. The molecule has 21 heavy (non-hydrogen) atoms. The largest absolute Gasteiger partial charge is 0.495 e. The number of carbonyl (C=O) groups is 2. The van der Waals surface area contributed by atoms with E-state index in [1.807, 2.05) is 25.1 Å². The van der Waals surface area contributed by atoms with Gasteiger partial charge < -0.3 is 10.1 Å². The summed E-state index contributed by atoms with van der Waals surface area (Å²) in [6.07, 6.45) is 2.01. The lowest BCUT2D eigenvalue weighted by Gasteiger charge is -2.38. The lowest BCUT2D eigenvalue weighted by molar-refractivity contribution is -0.134. The number of hydrogen-bond donors (Lipinski definition) is 1. The molecule has 0 aromatic heterocycles. The van der Waals surface area contributed by atoms with Crippen LogP contribution in [0.1, 0.15) is 25.3 Å². The molecule has 2 fully saturated rings. The summed E-state index contributed by atoms with van der Waals surface area (Å²) in [4.78, 5) is 26.6. The minimum absolute atomic E-state index is 0.0338. The zero-order valence-electron chi connectivity index (χ0n) is 12.6. The van der Waals surface area contributed by atoms with E-state index >= 15 is 0 Å². The van der Waals surface area contributed by atoms with Crippen LogP contribution in [0.15, 0.2) is 18.2 Å². The molecule has 2 aliphatic rings. The number of nitrogens with zero attached hydrogens (tertiary/aromatic N) is 1. The van der Waals surface area contributed by atoms with Gasteiger partial charge in [0.05, 0.1) is 12.8 Å². The molecule has 0 radical (unpaired) electrons. The lowest BCUT2D eigenvalue weighted by atomic mass is 10.0. The second-order valence-corrected chi connectivity index (χ2v) is 5.88. The van der Waals surface area contributed by atoms with Gasteiger partial charge in [-0.25, -0.2) is 0 Å². The Morgan fingerprint density at radius 2 is 2.00 bits per heavy atom. The zero-order chi connectivity index (χ0) is 15.1. The van der Waals surface area contributed by atoms with Crippen molar-refractivity contribution in [1.29, 1.82) is 0 Å². The molecule has 1 saturated heterocycles. The summed E-state index contributed by atoms with van der Waals surface area (Å²) < 4.78 is 5.37. The van der Waals surface area contributed by atoms with E-state index in [2.05, 4.69) is 5.32 Å². The van der Waals surface area contributed by atoms with Crippen LogP contribution in [-0.4, -0.2) is 31.0 Å². The number of carbonyl (C=O) groups excluding carboxylic acids is 2. The van der Waals surface area contributed by atoms with Gasteiger partial charge in [-0.3, -0.25) is 14.5 Å². The lowest BCUT2D eigenvalue weighted by Crippen LogP contribution is -2.63. The van der Waals surface area contributed by atoms with Gasteiger partial charge >= 0.3 is 0 Å². The van der Waals surface area contributed by atoms with Crippen LogP contribution >= 0.6 is 0 Å². The van der Waals surface area contributed by atoms with Crippen molar-refractivity contribution in [3.63, 3.8) is 0 Å². The fourth-order valence-electron chi connectivity index (χ4n) is 2.86. The second kappa shape index (κ2) is 5.06. The predicted molar refractivity (Wildman–Crippen MR) is 79.3 cm³/mol. The molecule has 2 atom stereocenters. The molecule has 2 amide bonds. The van der Waals surface area contributed by atoms with Crippen LogP contribution in [0.5, 0.6) is 5.75 Å². The smallest absolute Gasteiger partial charge is 0.250 e. The normalized spacial score (nSPS) is 25.8. The Balaban J connectivity index is 2.03. The molecule has 0 bridgehead atoms. The molecule has 1 aliphatic heterocycles. The van der Waals surface area contributed by atoms with E-state index in [1.54, 1.807) is 18.9 Å². The number of nitrogens with one attached hydrogen (secondary N) is 1. The van der Waals surface area contributed by atoms with Crippen LogP contribution in [0.3, 0.4) is 0 Å². The van der Waals surface area contributed by atoms with Crippen molar-refractivity contribution in [2.24, 2.45) is 5.92 Å². The van der Waals surface area contributed by atoms with Gasteiger partial charge in [0.2, 0.25) is 5.91 Å². The summed E-state index contributed by atoms with van der Waals surface area (Å²) in [5.41, 5.74) is 1.70. The van der Waals surface area contributed by atoms with Crippen molar-refractivity contribution >= 4 is 17.5 Å². The summed E-state index contributed by atoms with van der Waals surface area (Å²) in [5, 5.41) is 2.86. The third-order valence-electron chi connectivity index (χ3n) is 4.26. The van der Waals surface area contributed by atoms with Crippen molar-refractivity contribution in [2.75, 3.05) is 12.0 Å². The molecule has 1 saturated carbocycles. The highest BCUT2D eigenvalue weighted by atomic mass is 16.5. The molecular formula is C16H20N2O3. The molecule has 1 heterocycles. The topological polar surface area (TPSA) is 58.6 Å². The van der Waals surface area contributed by atoms with Gasteiger partial charge in [-0.15, -0.1) is 0 Å². The summed E-state index contributed by atoms with van der Waals surface area (Å²) in [5.74, 6) is 0.765. The first-order valence-electron chi connectivity index (χ1n) is 7.31. The monoisotopic (exact) mass is 288 g/mol. The Morgan fingerprint density at radius 3 is 2.62 bits per heavy atom. The van der Waals surface area contributed by atoms with E-state index < -0.39 is 6.04 Å². The van der Waals surface area contributed by atoms with Crippen molar-refractivity contribution in [3.05, 3.63) is 23.8 Å². The summed E-state index contributed by atoms with van der Waals surface area (Å²) in [6.45, 7) is 3.71. The average Bonchev–Trinajstić information content (AvgIpc) is 3.28. The molecule has 1 N–H and O–H groups in total. The first-order chi connectivity index (χ1) is 10.0. The van der Waals surface area contributed by atoms with Crippen LogP contribution in [0.4, 0.5) is 5.69 Å². The number of anilines is 1. The van der Waals surface area contributed by atoms with Crippen LogP contribution < -0.4 is 15.0 Å². The highest BCUT2D eigenvalue weighted by Crippen LogP contribution is 2.38. The molecular weight excluding hydrogens is 268 g/mol. The molecule has 0 spiro atoms. The van der Waals surface area contributed by atoms with Crippen molar-refractivity contribution < 1.29 is 14.3 Å². The van der Waals surface area contributed by atoms with Gasteiger partial charge in [-0.05, 0) is 50.3 Å². The first kappa shape index (κ1) is 13.9. The third kappa shape index (κ3) is 2.37. The molecule has 5 nitrogen and oxygen atoms in total. The van der Waals surface area contributed by atoms with Crippen molar-refractivity contribution in [1.82, 2.24) is 5.32 Å². The van der Waals surface area contributed by atoms with Crippen LogP contribution in [0, 0.1) is 12.8 Å². The number of amides is 2. The standard InChI is InChI=1S/C16H20N2O3/c1-9-4-7-13(21-3)12(8-9)18-10(2)15(19)17-14(16(18)20)11-5-6-11/h4,7-8,10-11,14H,5-6H2,1-3H3,(H,17,19). The molecule has 1 aromatic rings. The molecule has 2 unspecified atom stereocenters. The number of aryl methyl sites for hydroxylation is 1. The minimum atomic E-state index is -0.525.